The van der Waals surface area contributed by atoms with Crippen molar-refractivity contribution in [3.8, 4) is 0 Å². The summed E-state index contributed by atoms with van der Waals surface area (Å²) in [4.78, 5) is 17.8. The molecule has 0 aromatic carbocycles. The molecule has 0 saturated carbocycles. The van der Waals surface area contributed by atoms with E-state index in [2.05, 4.69) is 20.8 Å². The number of aromatic nitrogens is 1. The van der Waals surface area contributed by atoms with E-state index in [0.29, 0.717) is 32.3 Å². The highest BCUT2D eigenvalue weighted by molar-refractivity contribution is 14.0. The van der Waals surface area contributed by atoms with Crippen LogP contribution in [0.3, 0.4) is 0 Å². The lowest BCUT2D eigenvalue weighted by atomic mass is 10.2. The van der Waals surface area contributed by atoms with Gasteiger partial charge in [-0.15, -0.1) is 24.0 Å². The van der Waals surface area contributed by atoms with Gasteiger partial charge in [-0.3, -0.25) is 4.79 Å². The highest BCUT2D eigenvalue weighted by atomic mass is 127. The van der Waals surface area contributed by atoms with E-state index in [1.807, 2.05) is 20.8 Å². The van der Waals surface area contributed by atoms with Gasteiger partial charge in [0.2, 0.25) is 5.91 Å². The Morgan fingerprint density at radius 3 is 2.60 bits per heavy atom. The van der Waals surface area contributed by atoms with Crippen molar-refractivity contribution in [2.45, 2.75) is 33.7 Å². The molecule has 0 bridgehead atoms. The largest absolute Gasteiger partial charge is 0.382 e. The van der Waals surface area contributed by atoms with Gasteiger partial charge in [0, 0.05) is 39.4 Å². The first kappa shape index (κ1) is 23.6. The molecule has 1 aromatic heterocycles. The summed E-state index contributed by atoms with van der Waals surface area (Å²) in [5.41, 5.74) is 1.79. The Morgan fingerprint density at radius 2 is 2.04 bits per heavy atom. The molecule has 1 rings (SSSR count). The zero-order valence-corrected chi connectivity index (χ0v) is 18.0. The lowest BCUT2D eigenvalue weighted by Crippen LogP contribution is -2.43. The van der Waals surface area contributed by atoms with Gasteiger partial charge in [0.15, 0.2) is 5.96 Å². The summed E-state index contributed by atoms with van der Waals surface area (Å²) in [6, 6.07) is 0. The molecule has 2 N–H and O–H groups in total. The molecule has 0 unspecified atom stereocenters. The van der Waals surface area contributed by atoms with Crippen molar-refractivity contribution in [3.05, 3.63) is 17.0 Å². The molecule has 1 amide bonds. The van der Waals surface area contributed by atoms with Crippen molar-refractivity contribution < 1.29 is 14.1 Å². The van der Waals surface area contributed by atoms with Crippen molar-refractivity contribution in [2.75, 3.05) is 40.4 Å². The van der Waals surface area contributed by atoms with Gasteiger partial charge in [-0.25, -0.2) is 4.99 Å². The monoisotopic (exact) mass is 467 g/mol. The van der Waals surface area contributed by atoms with Crippen LogP contribution in [0.5, 0.6) is 0 Å². The lowest BCUT2D eigenvalue weighted by molar-refractivity contribution is -0.127. The third-order valence-electron chi connectivity index (χ3n) is 3.44. The number of guanidine groups is 1. The van der Waals surface area contributed by atoms with Gasteiger partial charge in [0.25, 0.3) is 0 Å². The Labute approximate surface area is 166 Å². The van der Waals surface area contributed by atoms with Crippen LogP contribution >= 0.6 is 24.0 Å². The third kappa shape index (κ3) is 9.05. The summed E-state index contributed by atoms with van der Waals surface area (Å²) in [5.74, 6) is 1.33. The van der Waals surface area contributed by atoms with Crippen LogP contribution < -0.4 is 10.6 Å². The van der Waals surface area contributed by atoms with Crippen LogP contribution in [0.25, 0.3) is 0 Å². The van der Waals surface area contributed by atoms with Crippen LogP contribution in [0.1, 0.15) is 30.4 Å². The van der Waals surface area contributed by atoms with Crippen LogP contribution in [0.4, 0.5) is 0 Å². The number of ether oxygens (including phenoxy) is 1. The topological polar surface area (TPSA) is 92.0 Å². The summed E-state index contributed by atoms with van der Waals surface area (Å²) >= 11 is 0. The molecule has 0 aliphatic carbocycles. The quantitative estimate of drug-likeness (QED) is 0.247. The summed E-state index contributed by atoms with van der Waals surface area (Å²) in [5, 5.41) is 10.2. The molecular weight excluding hydrogens is 437 g/mol. The number of likely N-dealkylation sites (N-methyl/N-ethyl adjacent to an activating group) is 1. The minimum atomic E-state index is -0.0174. The molecule has 0 radical (unpaired) electrons. The predicted molar refractivity (Wildman–Crippen MR) is 108 cm³/mol. The second-order valence-corrected chi connectivity index (χ2v) is 5.59. The minimum Gasteiger partial charge on any atom is -0.382 e. The molecule has 1 heterocycles. The van der Waals surface area contributed by atoms with Gasteiger partial charge in [-0.05, 0) is 27.2 Å². The molecule has 25 heavy (non-hydrogen) atoms. The standard InChI is InChI=1S/C16H29N5O3.HI/c1-6-23-9-7-8-17-16(19-11-15(22)21(4)5)18-10-14-12(2)20-24-13(14)3;/h6-11H2,1-5H3,(H2,17,18,19);1H. The summed E-state index contributed by atoms with van der Waals surface area (Å²) in [6.07, 6.45) is 0.863. The van der Waals surface area contributed by atoms with E-state index in [0.717, 1.165) is 23.4 Å². The first-order valence-corrected chi connectivity index (χ1v) is 8.17. The number of carbonyl (C=O) groups is 1. The Balaban J connectivity index is 0.00000576. The maximum atomic E-state index is 11.7. The average molecular weight is 467 g/mol. The maximum Gasteiger partial charge on any atom is 0.241 e. The molecule has 144 valence electrons. The van der Waals surface area contributed by atoms with Gasteiger partial charge >= 0.3 is 0 Å². The molecule has 0 aliphatic rings. The molecule has 0 aliphatic heterocycles. The maximum absolute atomic E-state index is 11.7. The number of nitrogens with one attached hydrogen (secondary N) is 2. The molecule has 0 atom stereocenters. The van der Waals surface area contributed by atoms with Crippen molar-refractivity contribution in [3.63, 3.8) is 0 Å². The number of nitrogens with zero attached hydrogens (tertiary/aromatic N) is 3. The van der Waals surface area contributed by atoms with Gasteiger partial charge in [-0.2, -0.15) is 0 Å². The number of aliphatic imine (C=N–C) groups is 1. The van der Waals surface area contributed by atoms with Crippen LogP contribution in [0, 0.1) is 13.8 Å². The Kier molecular flexibility index (Phi) is 12.2. The molecule has 9 heteroatoms. The molecule has 8 nitrogen and oxygen atoms in total. The second kappa shape index (κ2) is 12.9. The second-order valence-electron chi connectivity index (χ2n) is 5.59. The van der Waals surface area contributed by atoms with E-state index in [1.165, 1.54) is 4.90 Å². The Hall–Kier alpha value is -1.36. The highest BCUT2D eigenvalue weighted by Crippen LogP contribution is 2.12. The van der Waals surface area contributed by atoms with E-state index >= 15 is 0 Å². The Bertz CT molecular complexity index is 526. The van der Waals surface area contributed by atoms with Gasteiger partial charge in [0.1, 0.15) is 5.76 Å². The van der Waals surface area contributed by atoms with E-state index in [4.69, 9.17) is 9.26 Å². The number of hydrogen-bond acceptors (Lipinski definition) is 5. The van der Waals surface area contributed by atoms with Crippen molar-refractivity contribution >= 4 is 35.8 Å². The van der Waals surface area contributed by atoms with Gasteiger partial charge in [0.05, 0.1) is 18.8 Å². The first-order valence-electron chi connectivity index (χ1n) is 8.17. The predicted octanol–water partition coefficient (Wildman–Crippen LogP) is 1.46. The molecule has 1 aromatic rings. The van der Waals surface area contributed by atoms with Gasteiger partial charge < -0.3 is 24.8 Å². The van der Waals surface area contributed by atoms with Crippen LogP contribution in [0.15, 0.2) is 9.52 Å². The summed E-state index contributed by atoms with van der Waals surface area (Å²) in [7, 11) is 3.44. The Morgan fingerprint density at radius 1 is 1.32 bits per heavy atom. The highest BCUT2D eigenvalue weighted by Gasteiger charge is 2.10. The lowest BCUT2D eigenvalue weighted by Gasteiger charge is -2.15. The van der Waals surface area contributed by atoms with Crippen molar-refractivity contribution in [2.24, 2.45) is 4.99 Å². The fourth-order valence-electron chi connectivity index (χ4n) is 1.90. The first-order chi connectivity index (χ1) is 11.5. The van der Waals surface area contributed by atoms with Crippen LogP contribution in [-0.2, 0) is 16.1 Å². The number of rotatable bonds is 9. The minimum absolute atomic E-state index is 0. The molecule has 0 spiro atoms. The van der Waals surface area contributed by atoms with Crippen LogP contribution in [-0.4, -0.2) is 62.3 Å². The number of carbonyl (C=O) groups excluding carboxylic acids is 1. The van der Waals surface area contributed by atoms with Gasteiger partial charge in [-0.1, -0.05) is 5.16 Å². The number of hydrogen-bond donors (Lipinski definition) is 2. The fraction of sp³-hybridized carbons (Fsp3) is 0.688. The number of aryl methyl sites for hydroxylation is 2. The molecular formula is C16H30IN5O3. The zero-order valence-electron chi connectivity index (χ0n) is 15.7. The summed E-state index contributed by atoms with van der Waals surface area (Å²) < 4.78 is 10.5. The van der Waals surface area contributed by atoms with E-state index in [-0.39, 0.29) is 36.4 Å². The molecule has 0 fully saturated rings. The third-order valence-corrected chi connectivity index (χ3v) is 3.44. The zero-order chi connectivity index (χ0) is 17.9. The summed E-state index contributed by atoms with van der Waals surface area (Å²) in [6.45, 7) is 8.47. The smallest absolute Gasteiger partial charge is 0.241 e. The van der Waals surface area contributed by atoms with Crippen LogP contribution in [0.2, 0.25) is 0 Å². The fourth-order valence-corrected chi connectivity index (χ4v) is 1.90. The van der Waals surface area contributed by atoms with Crippen molar-refractivity contribution in [1.82, 2.24) is 20.7 Å². The number of amides is 1. The van der Waals surface area contributed by atoms with Crippen molar-refractivity contribution in [1.29, 1.82) is 0 Å². The number of halogens is 1. The van der Waals surface area contributed by atoms with E-state index < -0.39 is 0 Å². The normalized spacial score (nSPS) is 11.0. The molecule has 0 saturated heterocycles. The van der Waals surface area contributed by atoms with E-state index in [1.54, 1.807) is 14.1 Å². The average Bonchev–Trinajstić information content (AvgIpc) is 2.87. The van der Waals surface area contributed by atoms with E-state index in [9.17, 15) is 4.79 Å². The SMILES string of the molecule is CCOCCCNC(=NCc1c(C)noc1C)NCC(=O)N(C)C.I.